The molecule has 0 spiro atoms. The van der Waals surface area contributed by atoms with Gasteiger partial charge in [0.15, 0.2) is 0 Å². The maximum absolute atomic E-state index is 5.88. The van der Waals surface area contributed by atoms with Crippen LogP contribution >= 0.6 is 0 Å². The fraction of sp³-hybridized carbons (Fsp3) is 0.647. The van der Waals surface area contributed by atoms with Crippen LogP contribution in [0.15, 0.2) is 24.3 Å². The third kappa shape index (κ3) is 4.22. The van der Waals surface area contributed by atoms with Gasteiger partial charge >= 0.3 is 0 Å². The lowest BCUT2D eigenvalue weighted by Gasteiger charge is -2.28. The molecule has 1 saturated heterocycles. The molecule has 0 aliphatic carbocycles. The minimum Gasteiger partial charge on any atom is -0.493 e. The molecule has 112 valence electrons. The molecule has 0 radical (unpaired) electrons. The van der Waals surface area contributed by atoms with Crippen molar-refractivity contribution in [2.75, 3.05) is 20.3 Å². The molecule has 3 heteroatoms. The lowest BCUT2D eigenvalue weighted by Crippen LogP contribution is -2.27. The zero-order chi connectivity index (χ0) is 14.2. The molecule has 1 fully saturated rings. The summed E-state index contributed by atoms with van der Waals surface area (Å²) in [4.78, 5) is 0. The van der Waals surface area contributed by atoms with Gasteiger partial charge < -0.3 is 14.8 Å². The van der Waals surface area contributed by atoms with E-state index in [0.29, 0.717) is 12.1 Å². The lowest BCUT2D eigenvalue weighted by atomic mass is 9.96. The van der Waals surface area contributed by atoms with E-state index in [1.807, 2.05) is 13.1 Å². The first-order valence-electron chi connectivity index (χ1n) is 7.85. The first-order valence-corrected chi connectivity index (χ1v) is 7.85. The average Bonchev–Trinajstić information content (AvgIpc) is 2.52. The number of nitrogens with one attached hydrogen (secondary N) is 1. The van der Waals surface area contributed by atoms with Crippen molar-refractivity contribution in [2.45, 2.75) is 51.2 Å². The Morgan fingerprint density at radius 1 is 1.35 bits per heavy atom. The van der Waals surface area contributed by atoms with Gasteiger partial charge in [-0.05, 0) is 45.2 Å². The van der Waals surface area contributed by atoms with Crippen LogP contribution in [0.2, 0.25) is 0 Å². The van der Waals surface area contributed by atoms with E-state index in [-0.39, 0.29) is 0 Å². The smallest absolute Gasteiger partial charge is 0.124 e. The van der Waals surface area contributed by atoms with Gasteiger partial charge in [0, 0.05) is 18.2 Å². The van der Waals surface area contributed by atoms with Crippen LogP contribution in [-0.2, 0) is 4.74 Å². The molecular weight excluding hydrogens is 250 g/mol. The Hall–Kier alpha value is -1.06. The summed E-state index contributed by atoms with van der Waals surface area (Å²) in [6.07, 6.45) is 6.09. The second kappa shape index (κ2) is 8.28. The first-order chi connectivity index (χ1) is 9.85. The summed E-state index contributed by atoms with van der Waals surface area (Å²) in [7, 11) is 2.02. The number of hydrogen-bond donors (Lipinski definition) is 1. The highest BCUT2D eigenvalue weighted by Crippen LogP contribution is 2.30. The van der Waals surface area contributed by atoms with Gasteiger partial charge in [-0.3, -0.25) is 0 Å². The topological polar surface area (TPSA) is 30.5 Å². The molecule has 1 N–H and O–H groups in total. The zero-order valence-electron chi connectivity index (χ0n) is 12.7. The van der Waals surface area contributed by atoms with E-state index in [1.54, 1.807) is 0 Å². The Morgan fingerprint density at radius 2 is 2.20 bits per heavy atom. The van der Waals surface area contributed by atoms with Crippen molar-refractivity contribution >= 4 is 0 Å². The maximum Gasteiger partial charge on any atom is 0.124 e. The molecule has 1 heterocycles. The zero-order valence-corrected chi connectivity index (χ0v) is 12.7. The molecule has 1 aliphatic heterocycles. The summed E-state index contributed by atoms with van der Waals surface area (Å²) in [6.45, 7) is 3.82. The van der Waals surface area contributed by atoms with Crippen LogP contribution < -0.4 is 10.1 Å². The Balaban J connectivity index is 2.05. The molecule has 2 atom stereocenters. The SMILES string of the molecule is CCCOc1ccccc1C(CC1CCCCO1)NC. The highest BCUT2D eigenvalue weighted by Gasteiger charge is 2.21. The van der Waals surface area contributed by atoms with Gasteiger partial charge in [-0.2, -0.15) is 0 Å². The van der Waals surface area contributed by atoms with Gasteiger partial charge in [0.05, 0.1) is 12.7 Å². The first kappa shape index (κ1) is 15.3. The van der Waals surface area contributed by atoms with Gasteiger partial charge in [0.25, 0.3) is 0 Å². The minimum atomic E-state index is 0.297. The Kier molecular flexibility index (Phi) is 6.34. The Labute approximate surface area is 122 Å². The van der Waals surface area contributed by atoms with Crippen LogP contribution in [0.5, 0.6) is 5.75 Å². The van der Waals surface area contributed by atoms with E-state index >= 15 is 0 Å². The second-order valence-electron chi connectivity index (χ2n) is 5.45. The van der Waals surface area contributed by atoms with Crippen LogP contribution in [0.1, 0.15) is 50.6 Å². The molecule has 0 amide bonds. The average molecular weight is 277 g/mol. The van der Waals surface area contributed by atoms with E-state index in [4.69, 9.17) is 9.47 Å². The summed E-state index contributed by atoms with van der Waals surface area (Å²) >= 11 is 0. The summed E-state index contributed by atoms with van der Waals surface area (Å²) in [5.41, 5.74) is 1.25. The van der Waals surface area contributed by atoms with Gasteiger partial charge in [0.2, 0.25) is 0 Å². The van der Waals surface area contributed by atoms with Crippen molar-refractivity contribution in [2.24, 2.45) is 0 Å². The number of hydrogen-bond acceptors (Lipinski definition) is 3. The fourth-order valence-electron chi connectivity index (χ4n) is 2.77. The molecule has 1 aromatic carbocycles. The number of para-hydroxylation sites is 1. The van der Waals surface area contributed by atoms with Crippen LogP contribution in [0.25, 0.3) is 0 Å². The largest absolute Gasteiger partial charge is 0.493 e. The molecule has 3 nitrogen and oxygen atoms in total. The van der Waals surface area contributed by atoms with E-state index in [2.05, 4.69) is 30.4 Å². The standard InChI is InChI=1S/C17H27NO2/c1-3-11-20-17-10-5-4-9-15(17)16(18-2)13-14-8-6-7-12-19-14/h4-5,9-10,14,16,18H,3,6-8,11-13H2,1-2H3. The molecule has 2 rings (SSSR count). The van der Waals surface area contributed by atoms with Crippen LogP contribution in [0.3, 0.4) is 0 Å². The highest BCUT2D eigenvalue weighted by atomic mass is 16.5. The Bertz CT molecular complexity index is 388. The summed E-state index contributed by atoms with van der Waals surface area (Å²) < 4.78 is 11.7. The van der Waals surface area contributed by atoms with Crippen molar-refractivity contribution < 1.29 is 9.47 Å². The lowest BCUT2D eigenvalue weighted by molar-refractivity contribution is 0.00534. The predicted molar refractivity (Wildman–Crippen MR) is 82.2 cm³/mol. The van der Waals surface area contributed by atoms with Gasteiger partial charge in [-0.1, -0.05) is 25.1 Å². The summed E-state index contributed by atoms with van der Waals surface area (Å²) in [6, 6.07) is 8.65. The Morgan fingerprint density at radius 3 is 2.90 bits per heavy atom. The molecule has 0 bridgehead atoms. The van der Waals surface area contributed by atoms with Crippen molar-refractivity contribution in [3.05, 3.63) is 29.8 Å². The van der Waals surface area contributed by atoms with Crippen molar-refractivity contribution in [3.63, 3.8) is 0 Å². The molecule has 1 aromatic rings. The quantitative estimate of drug-likeness (QED) is 0.824. The number of benzene rings is 1. The van der Waals surface area contributed by atoms with Gasteiger partial charge in [0.1, 0.15) is 5.75 Å². The van der Waals surface area contributed by atoms with Crippen LogP contribution in [0, 0.1) is 0 Å². The maximum atomic E-state index is 5.88. The highest BCUT2D eigenvalue weighted by molar-refractivity contribution is 5.36. The van der Waals surface area contributed by atoms with E-state index in [9.17, 15) is 0 Å². The second-order valence-corrected chi connectivity index (χ2v) is 5.45. The molecule has 0 aromatic heterocycles. The van der Waals surface area contributed by atoms with Crippen molar-refractivity contribution in [1.82, 2.24) is 5.32 Å². The fourth-order valence-corrected chi connectivity index (χ4v) is 2.77. The van der Waals surface area contributed by atoms with Crippen LogP contribution in [0.4, 0.5) is 0 Å². The van der Waals surface area contributed by atoms with Crippen molar-refractivity contribution in [1.29, 1.82) is 0 Å². The summed E-state index contributed by atoms with van der Waals surface area (Å²) in [5, 5.41) is 3.42. The van der Waals surface area contributed by atoms with Crippen molar-refractivity contribution in [3.8, 4) is 5.75 Å². The van der Waals surface area contributed by atoms with E-state index in [0.717, 1.165) is 31.8 Å². The van der Waals surface area contributed by atoms with Gasteiger partial charge in [-0.25, -0.2) is 0 Å². The third-order valence-corrected chi connectivity index (χ3v) is 3.88. The molecule has 20 heavy (non-hydrogen) atoms. The van der Waals surface area contributed by atoms with Gasteiger partial charge in [-0.15, -0.1) is 0 Å². The monoisotopic (exact) mass is 277 g/mol. The van der Waals surface area contributed by atoms with Crippen LogP contribution in [-0.4, -0.2) is 26.4 Å². The predicted octanol–water partition coefficient (Wildman–Crippen LogP) is 3.70. The molecular formula is C17H27NO2. The molecule has 2 unspecified atom stereocenters. The van der Waals surface area contributed by atoms with E-state index in [1.165, 1.54) is 24.8 Å². The normalized spacial score (nSPS) is 20.6. The summed E-state index contributed by atoms with van der Waals surface area (Å²) in [5.74, 6) is 1.00. The van der Waals surface area contributed by atoms with E-state index < -0.39 is 0 Å². The number of ether oxygens (including phenoxy) is 2. The number of rotatable bonds is 7. The molecule has 0 saturated carbocycles. The minimum absolute atomic E-state index is 0.297. The third-order valence-electron chi connectivity index (χ3n) is 3.88. The molecule has 1 aliphatic rings.